The number of carbonyl (C=O) groups is 2. The highest BCUT2D eigenvalue weighted by molar-refractivity contribution is 5.95. The molecule has 0 saturated heterocycles. The van der Waals surface area contributed by atoms with E-state index in [1.807, 2.05) is 0 Å². The van der Waals surface area contributed by atoms with Crippen molar-refractivity contribution in [1.29, 1.82) is 0 Å². The van der Waals surface area contributed by atoms with Crippen molar-refractivity contribution < 1.29 is 14.4 Å². The first-order valence-corrected chi connectivity index (χ1v) is 14.9. The van der Waals surface area contributed by atoms with Crippen LogP contribution >= 0.6 is 0 Å². The first-order valence-electron chi connectivity index (χ1n) is 14.9. The monoisotopic (exact) mass is 526 g/mol. The molecule has 6 heteroatoms. The highest BCUT2D eigenvalue weighted by Crippen LogP contribution is 2.75. The standard InChI is InChI=1S/C32H50N2O4/c1-27(2)23-10-13-32(7)25(30(23,5)12-11-24(27)33-37)22(35)18-20-21-19-29(4,26(36)34(8)38-9)15-14-28(21,3)16-17-31(20,32)6/h18,21,23-25H,10-17,19H2,1-9H3/t21-,23?,24?,25+,28+,29-,30-,31+,32+/m0/s1. The minimum Gasteiger partial charge on any atom is -0.295 e. The van der Waals surface area contributed by atoms with E-state index in [4.69, 9.17) is 4.84 Å². The summed E-state index contributed by atoms with van der Waals surface area (Å²) in [5.41, 5.74) is 0.365. The second-order valence-electron chi connectivity index (χ2n) is 15.7. The van der Waals surface area contributed by atoms with E-state index in [1.54, 1.807) is 14.2 Å². The Kier molecular flexibility index (Phi) is 6.24. The van der Waals surface area contributed by atoms with E-state index in [1.165, 1.54) is 10.6 Å². The van der Waals surface area contributed by atoms with E-state index >= 15 is 0 Å². The molecule has 0 aromatic rings. The van der Waals surface area contributed by atoms with Crippen LogP contribution in [0.5, 0.6) is 0 Å². The number of nitroso groups, excluding NO2 is 1. The normalized spacial score (nSPS) is 49.5. The van der Waals surface area contributed by atoms with Crippen LogP contribution in [0.1, 0.15) is 106 Å². The zero-order chi connectivity index (χ0) is 28.1. The number of fused-ring (bicyclic) bond motifs is 7. The summed E-state index contributed by atoms with van der Waals surface area (Å²) in [6.45, 7) is 16.1. The zero-order valence-electron chi connectivity index (χ0n) is 25.3. The van der Waals surface area contributed by atoms with Crippen LogP contribution in [0.2, 0.25) is 0 Å². The van der Waals surface area contributed by atoms with Crippen molar-refractivity contribution in [3.63, 3.8) is 0 Å². The number of hydrogen-bond donors (Lipinski definition) is 0. The van der Waals surface area contributed by atoms with Crippen LogP contribution in [0.15, 0.2) is 16.8 Å². The first-order chi connectivity index (χ1) is 17.5. The predicted octanol–water partition coefficient (Wildman–Crippen LogP) is 7.12. The Bertz CT molecular complexity index is 1080. The van der Waals surface area contributed by atoms with Gasteiger partial charge in [-0.25, -0.2) is 5.06 Å². The van der Waals surface area contributed by atoms with Gasteiger partial charge in [0.1, 0.15) is 0 Å². The number of amides is 1. The molecule has 0 aromatic heterocycles. The summed E-state index contributed by atoms with van der Waals surface area (Å²) in [4.78, 5) is 44.9. The van der Waals surface area contributed by atoms with Crippen molar-refractivity contribution >= 4 is 11.7 Å². The van der Waals surface area contributed by atoms with E-state index in [-0.39, 0.29) is 56.6 Å². The molecule has 212 valence electrons. The van der Waals surface area contributed by atoms with Crippen LogP contribution in [0, 0.1) is 55.2 Å². The average molecular weight is 527 g/mol. The van der Waals surface area contributed by atoms with Crippen molar-refractivity contribution in [3.8, 4) is 0 Å². The number of rotatable bonds is 3. The van der Waals surface area contributed by atoms with Gasteiger partial charge in [0.05, 0.1) is 13.2 Å². The molecule has 2 unspecified atom stereocenters. The van der Waals surface area contributed by atoms with Crippen molar-refractivity contribution in [2.75, 3.05) is 14.2 Å². The quantitative estimate of drug-likeness (QED) is 0.290. The molecule has 4 fully saturated rings. The second-order valence-corrected chi connectivity index (χ2v) is 15.7. The Balaban J connectivity index is 1.58. The molecule has 0 N–H and O–H groups in total. The minimum absolute atomic E-state index is 0.0388. The highest BCUT2D eigenvalue weighted by atomic mass is 16.7. The molecule has 0 bridgehead atoms. The third kappa shape index (κ3) is 3.40. The molecule has 1 amide bonds. The van der Waals surface area contributed by atoms with Gasteiger partial charge in [-0.2, -0.15) is 4.91 Å². The Morgan fingerprint density at radius 1 is 0.974 bits per heavy atom. The molecular formula is C32H50N2O4. The Morgan fingerprint density at radius 2 is 1.63 bits per heavy atom. The number of ketones is 1. The van der Waals surface area contributed by atoms with Crippen molar-refractivity contribution in [1.82, 2.24) is 5.06 Å². The Morgan fingerprint density at radius 3 is 2.26 bits per heavy atom. The van der Waals surface area contributed by atoms with Gasteiger partial charge in [0.25, 0.3) is 5.91 Å². The van der Waals surface area contributed by atoms with E-state index in [0.717, 1.165) is 57.8 Å². The van der Waals surface area contributed by atoms with Crippen molar-refractivity contribution in [3.05, 3.63) is 16.6 Å². The summed E-state index contributed by atoms with van der Waals surface area (Å²) < 4.78 is 0. The maximum Gasteiger partial charge on any atom is 0.251 e. The Labute approximate surface area is 229 Å². The number of hydroxylamine groups is 2. The molecule has 0 spiro atoms. The fraction of sp³-hybridized carbons (Fsp3) is 0.875. The fourth-order valence-electron chi connectivity index (χ4n) is 11.0. The van der Waals surface area contributed by atoms with Gasteiger partial charge < -0.3 is 0 Å². The lowest BCUT2D eigenvalue weighted by molar-refractivity contribution is -0.192. The fourth-order valence-corrected chi connectivity index (χ4v) is 11.0. The van der Waals surface area contributed by atoms with Gasteiger partial charge in [-0.3, -0.25) is 14.4 Å². The average Bonchev–Trinajstić information content (AvgIpc) is 2.85. The SMILES string of the molecule is CON(C)C(=O)[C@@]1(C)CC[C@]2(C)CC[C@]3(C)C(=CC(=O)[C@@H]4[C@@]5(C)CCC(N=O)C(C)(C)C5CC[C@]43C)[C@@H]2C1. The first kappa shape index (κ1) is 28.0. The highest BCUT2D eigenvalue weighted by Gasteiger charge is 2.70. The smallest absolute Gasteiger partial charge is 0.251 e. The number of carbonyl (C=O) groups excluding carboxylic acids is 2. The maximum absolute atomic E-state index is 14.4. The van der Waals surface area contributed by atoms with E-state index in [0.29, 0.717) is 5.92 Å². The second kappa shape index (κ2) is 8.47. The van der Waals surface area contributed by atoms with Crippen molar-refractivity contribution in [2.45, 2.75) is 112 Å². The molecule has 0 radical (unpaired) electrons. The number of nitrogens with zero attached hydrogens (tertiary/aromatic N) is 2. The van der Waals surface area contributed by atoms with Crippen LogP contribution in [-0.4, -0.2) is 37.0 Å². The van der Waals surface area contributed by atoms with E-state index in [9.17, 15) is 14.5 Å². The Hall–Kier alpha value is -1.56. The summed E-state index contributed by atoms with van der Waals surface area (Å²) in [7, 11) is 3.25. The van der Waals surface area contributed by atoms with Gasteiger partial charge >= 0.3 is 0 Å². The van der Waals surface area contributed by atoms with Gasteiger partial charge in [0.15, 0.2) is 5.78 Å². The third-order valence-corrected chi connectivity index (χ3v) is 13.8. The number of hydrogen-bond acceptors (Lipinski definition) is 5. The molecule has 6 nitrogen and oxygen atoms in total. The lowest BCUT2D eigenvalue weighted by Crippen LogP contribution is -2.66. The molecule has 0 aromatic carbocycles. The van der Waals surface area contributed by atoms with Gasteiger partial charge in [-0.15, -0.1) is 0 Å². The third-order valence-electron chi connectivity index (χ3n) is 13.8. The van der Waals surface area contributed by atoms with Crippen LogP contribution in [-0.2, 0) is 14.4 Å². The topological polar surface area (TPSA) is 76.0 Å². The molecular weight excluding hydrogens is 476 g/mol. The molecule has 9 atom stereocenters. The molecule has 4 saturated carbocycles. The van der Waals surface area contributed by atoms with Crippen molar-refractivity contribution in [2.24, 2.45) is 55.4 Å². The van der Waals surface area contributed by atoms with Crippen LogP contribution in [0.3, 0.4) is 0 Å². The summed E-state index contributed by atoms with van der Waals surface area (Å²) in [6, 6.07) is -0.177. The van der Waals surface area contributed by atoms with Gasteiger partial charge in [-0.1, -0.05) is 59.2 Å². The molecule has 38 heavy (non-hydrogen) atoms. The van der Waals surface area contributed by atoms with Gasteiger partial charge in [0, 0.05) is 18.4 Å². The van der Waals surface area contributed by atoms with Crippen LogP contribution in [0.25, 0.3) is 0 Å². The summed E-state index contributed by atoms with van der Waals surface area (Å²) >= 11 is 0. The predicted molar refractivity (Wildman–Crippen MR) is 149 cm³/mol. The summed E-state index contributed by atoms with van der Waals surface area (Å²) in [5.74, 6) is 0.804. The zero-order valence-corrected chi connectivity index (χ0v) is 25.3. The lowest BCUT2D eigenvalue weighted by atomic mass is 9.33. The molecule has 5 aliphatic carbocycles. The minimum atomic E-state index is -0.497. The van der Waals surface area contributed by atoms with Crippen LogP contribution < -0.4 is 0 Å². The lowest BCUT2D eigenvalue weighted by Gasteiger charge is -2.70. The van der Waals surface area contributed by atoms with E-state index in [2.05, 4.69) is 59.7 Å². The van der Waals surface area contributed by atoms with Gasteiger partial charge in [0.2, 0.25) is 0 Å². The summed E-state index contributed by atoms with van der Waals surface area (Å²) in [6.07, 6.45) is 10.6. The number of allylic oxidation sites excluding steroid dienone is 2. The molecule has 0 aliphatic heterocycles. The largest absolute Gasteiger partial charge is 0.295 e. The van der Waals surface area contributed by atoms with Crippen LogP contribution in [0.4, 0.5) is 0 Å². The molecule has 0 heterocycles. The maximum atomic E-state index is 14.4. The summed E-state index contributed by atoms with van der Waals surface area (Å²) in [5, 5.41) is 4.94. The van der Waals surface area contributed by atoms with E-state index < -0.39 is 5.41 Å². The molecule has 5 aliphatic rings. The van der Waals surface area contributed by atoms with Gasteiger partial charge in [-0.05, 0) is 103 Å². The molecule has 5 rings (SSSR count).